The average molecular weight is 384 g/mol. The Morgan fingerprint density at radius 1 is 1.48 bits per heavy atom. The summed E-state index contributed by atoms with van der Waals surface area (Å²) in [6.45, 7) is -0.461. The minimum atomic E-state index is -0.461. The number of nitriles is 1. The fraction of sp³-hybridized carbons (Fsp3) is 0.278. The monoisotopic (exact) mass is 384 g/mol. The number of hydrogen-bond donors (Lipinski definition) is 5. The Labute approximate surface area is 160 Å². The van der Waals surface area contributed by atoms with Crippen molar-refractivity contribution >= 4 is 17.6 Å². The van der Waals surface area contributed by atoms with Crippen LogP contribution in [0.3, 0.4) is 0 Å². The number of pyridine rings is 1. The van der Waals surface area contributed by atoms with Crippen LogP contribution in [-0.4, -0.2) is 21.7 Å². The summed E-state index contributed by atoms with van der Waals surface area (Å²) >= 11 is 1.18. The van der Waals surface area contributed by atoms with Crippen molar-refractivity contribution in [2.45, 2.75) is 30.4 Å². The molecule has 0 aliphatic heterocycles. The normalized spacial score (nSPS) is 14.0. The smallest absolute Gasteiger partial charge is 0.255 e. The number of aromatic amines is 1. The third-order valence-electron chi connectivity index (χ3n) is 4.45. The molecule has 1 aliphatic carbocycles. The maximum atomic E-state index is 12.5. The first-order valence-electron chi connectivity index (χ1n) is 8.39. The van der Waals surface area contributed by atoms with Crippen LogP contribution < -0.4 is 22.7 Å². The molecule has 2 aromatic rings. The van der Waals surface area contributed by atoms with Crippen LogP contribution in [0.4, 0.5) is 0 Å². The number of nitrogens with one attached hydrogen (secondary N) is 2. The Hall–Kier alpha value is -2.80. The summed E-state index contributed by atoms with van der Waals surface area (Å²) in [4.78, 5) is 15.2. The lowest BCUT2D eigenvalue weighted by Crippen LogP contribution is -2.33. The van der Waals surface area contributed by atoms with Gasteiger partial charge < -0.3 is 21.4 Å². The predicted molar refractivity (Wildman–Crippen MR) is 105 cm³/mol. The number of nitrogens with two attached hydrogens (primary N) is 2. The molecule has 1 aliphatic rings. The molecule has 8 nitrogen and oxygen atoms in total. The molecular weight excluding hydrogens is 364 g/mol. The minimum absolute atomic E-state index is 0.175. The SMILES string of the molecule is N#Cc1c(SC/C(=N/N)NN)[nH]c(=O)c(CO)c1-c1cccc(C2CC2)c1. The number of H-pyrrole nitrogens is 1. The number of hydrazone groups is 1. The second kappa shape index (κ2) is 8.26. The summed E-state index contributed by atoms with van der Waals surface area (Å²) in [6.07, 6.45) is 2.29. The number of nitrogens with zero attached hydrogens (tertiary/aromatic N) is 2. The van der Waals surface area contributed by atoms with E-state index in [4.69, 9.17) is 11.7 Å². The highest BCUT2D eigenvalue weighted by molar-refractivity contribution is 8.00. The molecule has 0 radical (unpaired) electrons. The second-order valence-corrected chi connectivity index (χ2v) is 7.18. The standard InChI is InChI=1S/C18H20N6O2S/c19-7-13-16(12-3-1-2-11(6-12)10-4-5-10)14(8-25)17(26)22-18(13)27-9-15(23-20)24-21/h1-3,6,10,25H,4-5,8-9,20-21H2,(H,22,26)(H,23,24). The molecule has 0 saturated heterocycles. The number of hydrogen-bond acceptors (Lipinski definition) is 7. The largest absolute Gasteiger partial charge is 0.391 e. The summed E-state index contributed by atoms with van der Waals surface area (Å²) in [5.74, 6) is 11.6. The first-order valence-corrected chi connectivity index (χ1v) is 9.38. The van der Waals surface area contributed by atoms with E-state index in [-0.39, 0.29) is 11.3 Å². The van der Waals surface area contributed by atoms with E-state index in [1.807, 2.05) is 24.3 Å². The molecule has 140 valence electrons. The summed E-state index contributed by atoms with van der Waals surface area (Å²) in [5.41, 5.74) is 4.78. The molecule has 0 bridgehead atoms. The van der Waals surface area contributed by atoms with E-state index in [0.717, 1.165) is 18.4 Å². The predicted octanol–water partition coefficient (Wildman–Crippen LogP) is 1.11. The highest BCUT2D eigenvalue weighted by Crippen LogP contribution is 2.42. The van der Waals surface area contributed by atoms with Crippen molar-refractivity contribution in [3.8, 4) is 17.2 Å². The number of benzene rings is 1. The van der Waals surface area contributed by atoms with E-state index < -0.39 is 12.2 Å². The third kappa shape index (κ3) is 3.98. The topological polar surface area (TPSA) is 153 Å². The molecule has 1 aromatic heterocycles. The number of hydrazine groups is 1. The van der Waals surface area contributed by atoms with E-state index >= 15 is 0 Å². The van der Waals surface area contributed by atoms with Crippen LogP contribution in [0.25, 0.3) is 11.1 Å². The van der Waals surface area contributed by atoms with Gasteiger partial charge in [-0.1, -0.05) is 36.0 Å². The van der Waals surface area contributed by atoms with Gasteiger partial charge in [-0.2, -0.15) is 10.4 Å². The van der Waals surface area contributed by atoms with Gasteiger partial charge in [0.25, 0.3) is 5.56 Å². The lowest BCUT2D eigenvalue weighted by molar-refractivity contribution is 0.280. The molecule has 0 atom stereocenters. The van der Waals surface area contributed by atoms with Crippen molar-refractivity contribution in [3.63, 3.8) is 0 Å². The molecular formula is C18H20N6O2S. The lowest BCUT2D eigenvalue weighted by atomic mass is 9.95. The molecule has 27 heavy (non-hydrogen) atoms. The van der Waals surface area contributed by atoms with Crippen LogP contribution >= 0.6 is 11.8 Å². The van der Waals surface area contributed by atoms with Crippen LogP contribution in [0.2, 0.25) is 0 Å². The first-order chi connectivity index (χ1) is 13.1. The lowest BCUT2D eigenvalue weighted by Gasteiger charge is -2.14. The number of aliphatic hydroxyl groups is 1. The number of rotatable bonds is 6. The summed E-state index contributed by atoms with van der Waals surface area (Å²) < 4.78 is 0. The Morgan fingerprint density at radius 3 is 2.85 bits per heavy atom. The quantitative estimate of drug-likeness (QED) is 0.164. The van der Waals surface area contributed by atoms with Gasteiger partial charge in [-0.25, -0.2) is 5.84 Å². The Morgan fingerprint density at radius 2 is 2.26 bits per heavy atom. The average Bonchev–Trinajstić information content (AvgIpc) is 3.53. The molecule has 3 rings (SSSR count). The zero-order valence-electron chi connectivity index (χ0n) is 14.5. The fourth-order valence-electron chi connectivity index (χ4n) is 2.92. The maximum absolute atomic E-state index is 12.5. The highest BCUT2D eigenvalue weighted by atomic mass is 32.2. The van der Waals surface area contributed by atoms with Gasteiger partial charge in [-0.05, 0) is 29.9 Å². The molecule has 1 aromatic carbocycles. The van der Waals surface area contributed by atoms with Crippen LogP contribution in [0.1, 0.15) is 35.4 Å². The van der Waals surface area contributed by atoms with Crippen LogP contribution in [0.15, 0.2) is 39.2 Å². The van der Waals surface area contributed by atoms with Crippen molar-refractivity contribution < 1.29 is 5.11 Å². The molecule has 1 fully saturated rings. The number of aliphatic hydroxyl groups excluding tert-OH is 1. The van der Waals surface area contributed by atoms with E-state index in [9.17, 15) is 15.2 Å². The molecule has 7 N–H and O–H groups in total. The molecule has 0 spiro atoms. The summed E-state index contributed by atoms with van der Waals surface area (Å²) in [6, 6.07) is 9.97. The fourth-order valence-corrected chi connectivity index (χ4v) is 3.82. The zero-order chi connectivity index (χ0) is 19.4. The molecule has 9 heteroatoms. The molecule has 1 saturated carbocycles. The van der Waals surface area contributed by atoms with Gasteiger partial charge in [0, 0.05) is 5.56 Å². The van der Waals surface area contributed by atoms with Crippen LogP contribution in [0, 0.1) is 11.3 Å². The van der Waals surface area contributed by atoms with E-state index in [1.54, 1.807) is 0 Å². The van der Waals surface area contributed by atoms with Crippen LogP contribution in [-0.2, 0) is 6.61 Å². The summed E-state index contributed by atoms with van der Waals surface area (Å²) in [5, 5.41) is 23.4. The molecule has 0 amide bonds. The number of thioether (sulfide) groups is 1. The molecule has 1 heterocycles. The van der Waals surface area contributed by atoms with Gasteiger partial charge in [-0.15, -0.1) is 0 Å². The van der Waals surface area contributed by atoms with Gasteiger partial charge in [0.2, 0.25) is 0 Å². The highest BCUT2D eigenvalue weighted by Gasteiger charge is 2.25. The third-order valence-corrected chi connectivity index (χ3v) is 5.46. The van der Waals surface area contributed by atoms with Crippen molar-refractivity contribution in [2.24, 2.45) is 16.8 Å². The zero-order valence-corrected chi connectivity index (χ0v) is 15.3. The van der Waals surface area contributed by atoms with Crippen molar-refractivity contribution in [1.29, 1.82) is 5.26 Å². The Bertz CT molecular complexity index is 975. The van der Waals surface area contributed by atoms with Crippen LogP contribution in [0.5, 0.6) is 0 Å². The van der Waals surface area contributed by atoms with E-state index in [2.05, 4.69) is 21.6 Å². The van der Waals surface area contributed by atoms with Gasteiger partial charge >= 0.3 is 0 Å². The van der Waals surface area contributed by atoms with E-state index in [1.165, 1.54) is 17.3 Å². The summed E-state index contributed by atoms with van der Waals surface area (Å²) in [7, 11) is 0. The van der Waals surface area contributed by atoms with E-state index in [0.29, 0.717) is 27.9 Å². The number of aromatic nitrogens is 1. The second-order valence-electron chi connectivity index (χ2n) is 6.19. The van der Waals surface area contributed by atoms with Gasteiger partial charge in [0.05, 0.1) is 28.5 Å². The van der Waals surface area contributed by atoms with Gasteiger partial charge in [-0.3, -0.25) is 4.79 Å². The minimum Gasteiger partial charge on any atom is -0.391 e. The van der Waals surface area contributed by atoms with Crippen molar-refractivity contribution in [3.05, 3.63) is 51.3 Å². The maximum Gasteiger partial charge on any atom is 0.255 e. The van der Waals surface area contributed by atoms with Crippen molar-refractivity contribution in [1.82, 2.24) is 10.4 Å². The Kier molecular flexibility index (Phi) is 5.81. The van der Waals surface area contributed by atoms with Crippen molar-refractivity contribution in [2.75, 3.05) is 5.75 Å². The van der Waals surface area contributed by atoms with Gasteiger partial charge in [0.1, 0.15) is 11.9 Å². The molecule has 0 unspecified atom stereocenters. The number of amidine groups is 1. The van der Waals surface area contributed by atoms with Gasteiger partial charge in [0.15, 0.2) is 0 Å². The first kappa shape index (κ1) is 19.0. The Balaban J connectivity index is 2.12.